The number of fused-ring (bicyclic) bond motifs is 3. The molecular weight excluding hydrogens is 338 g/mol. The molecular formula is C25H26F2. The molecule has 0 saturated heterocycles. The predicted molar refractivity (Wildman–Crippen MR) is 106 cm³/mol. The van der Waals surface area contributed by atoms with Crippen LogP contribution in [0.3, 0.4) is 0 Å². The molecule has 3 unspecified atom stereocenters. The number of benzene rings is 2. The van der Waals surface area contributed by atoms with E-state index in [1.807, 2.05) is 0 Å². The Morgan fingerprint density at radius 1 is 0.926 bits per heavy atom. The lowest BCUT2D eigenvalue weighted by Crippen LogP contribution is -2.28. The molecule has 0 spiro atoms. The van der Waals surface area contributed by atoms with Gasteiger partial charge in [-0.05, 0) is 85.3 Å². The first kappa shape index (κ1) is 18.2. The zero-order chi connectivity index (χ0) is 18.8. The van der Waals surface area contributed by atoms with Crippen molar-refractivity contribution in [1.82, 2.24) is 0 Å². The Labute approximate surface area is 161 Å². The first-order chi connectivity index (χ1) is 13.1. The van der Waals surface area contributed by atoms with Gasteiger partial charge in [0.25, 0.3) is 0 Å². The molecule has 1 fully saturated rings. The van der Waals surface area contributed by atoms with Crippen molar-refractivity contribution in [2.75, 3.05) is 0 Å². The molecule has 2 aromatic carbocycles. The zero-order valence-electron chi connectivity index (χ0n) is 15.9. The topological polar surface area (TPSA) is 0 Å². The molecule has 0 heterocycles. The number of rotatable bonds is 2. The third-order valence-corrected chi connectivity index (χ3v) is 6.33. The Morgan fingerprint density at radius 3 is 2.48 bits per heavy atom. The molecule has 2 heteroatoms. The molecule has 0 radical (unpaired) electrons. The molecule has 2 aromatic rings. The van der Waals surface area contributed by atoms with Crippen LogP contribution >= 0.6 is 0 Å². The lowest BCUT2D eigenvalue weighted by atomic mass is 9.64. The molecule has 0 nitrogen and oxygen atoms in total. The second-order valence-electron chi connectivity index (χ2n) is 8.19. The van der Waals surface area contributed by atoms with E-state index in [4.69, 9.17) is 0 Å². The van der Waals surface area contributed by atoms with Crippen molar-refractivity contribution in [3.63, 3.8) is 0 Å². The van der Waals surface area contributed by atoms with E-state index in [1.165, 1.54) is 61.8 Å². The first-order valence-corrected chi connectivity index (χ1v) is 10.2. The van der Waals surface area contributed by atoms with E-state index in [1.54, 1.807) is 0 Å². The lowest BCUT2D eigenvalue weighted by Gasteiger charge is -2.40. The highest BCUT2D eigenvalue weighted by atomic mass is 19.1. The Bertz CT molecular complexity index is 867. The van der Waals surface area contributed by atoms with Crippen LogP contribution in [0.5, 0.6) is 0 Å². The lowest BCUT2D eigenvalue weighted by molar-refractivity contribution is 0.201. The highest BCUT2D eigenvalue weighted by molar-refractivity contribution is 5.47. The normalized spacial score (nSPS) is 23.7. The molecule has 0 aliphatic heterocycles. The Morgan fingerprint density at radius 2 is 1.70 bits per heavy atom. The SMILES string of the molecule is CCCC1CCC2c3ccc(C#Cc4cc(F)cc(F)c4)cc3CCC2C1. The standard InChI is InChI=1S/C25H26F2/c1-2-3-17-6-10-24-20(12-17)8-9-21-13-18(7-11-25(21)24)4-5-19-14-22(26)16-23(27)15-19/h7,11,13-17,20,24H,2-3,6,8-10,12H2,1H3. The Hall–Kier alpha value is -2.14. The van der Waals surface area contributed by atoms with Gasteiger partial charge in [-0.1, -0.05) is 37.7 Å². The van der Waals surface area contributed by atoms with E-state index in [9.17, 15) is 8.78 Å². The van der Waals surface area contributed by atoms with Crippen molar-refractivity contribution in [1.29, 1.82) is 0 Å². The van der Waals surface area contributed by atoms with Gasteiger partial charge in [-0.3, -0.25) is 0 Å². The van der Waals surface area contributed by atoms with Gasteiger partial charge in [0, 0.05) is 17.2 Å². The van der Waals surface area contributed by atoms with Gasteiger partial charge in [0.05, 0.1) is 0 Å². The minimum Gasteiger partial charge on any atom is -0.207 e. The summed E-state index contributed by atoms with van der Waals surface area (Å²) in [6, 6.07) is 9.92. The molecule has 0 bridgehead atoms. The van der Waals surface area contributed by atoms with Crippen LogP contribution in [-0.2, 0) is 6.42 Å². The summed E-state index contributed by atoms with van der Waals surface area (Å²) in [6.07, 6.45) is 9.16. The minimum absolute atomic E-state index is 0.375. The van der Waals surface area contributed by atoms with Crippen molar-refractivity contribution >= 4 is 0 Å². The minimum atomic E-state index is -0.588. The van der Waals surface area contributed by atoms with Crippen LogP contribution in [0.4, 0.5) is 8.78 Å². The van der Waals surface area contributed by atoms with E-state index in [-0.39, 0.29) is 0 Å². The fourth-order valence-electron chi connectivity index (χ4n) is 5.13. The van der Waals surface area contributed by atoms with Crippen molar-refractivity contribution in [3.8, 4) is 11.8 Å². The zero-order valence-corrected chi connectivity index (χ0v) is 15.9. The van der Waals surface area contributed by atoms with Crippen LogP contribution in [-0.4, -0.2) is 0 Å². The third-order valence-electron chi connectivity index (χ3n) is 6.33. The summed E-state index contributed by atoms with van der Waals surface area (Å²) < 4.78 is 26.6. The van der Waals surface area contributed by atoms with Gasteiger partial charge in [0.2, 0.25) is 0 Å². The molecule has 2 aliphatic rings. The maximum atomic E-state index is 13.3. The van der Waals surface area contributed by atoms with Gasteiger partial charge in [0.1, 0.15) is 11.6 Å². The number of aryl methyl sites for hydroxylation is 1. The summed E-state index contributed by atoms with van der Waals surface area (Å²) in [4.78, 5) is 0. The quantitative estimate of drug-likeness (QED) is 0.526. The Balaban J connectivity index is 1.53. The molecule has 0 aromatic heterocycles. The van der Waals surface area contributed by atoms with Crippen LogP contribution in [0.2, 0.25) is 0 Å². The van der Waals surface area contributed by atoms with Crippen LogP contribution in [0.1, 0.15) is 73.6 Å². The first-order valence-electron chi connectivity index (χ1n) is 10.2. The average molecular weight is 364 g/mol. The van der Waals surface area contributed by atoms with Gasteiger partial charge >= 0.3 is 0 Å². The summed E-state index contributed by atoms with van der Waals surface area (Å²) in [5.41, 5.74) is 4.24. The molecule has 4 rings (SSSR count). The maximum absolute atomic E-state index is 13.3. The second-order valence-corrected chi connectivity index (χ2v) is 8.19. The fraction of sp³-hybridized carbons (Fsp3) is 0.440. The number of hydrogen-bond acceptors (Lipinski definition) is 0. The van der Waals surface area contributed by atoms with E-state index in [0.29, 0.717) is 11.5 Å². The molecule has 3 atom stereocenters. The summed E-state index contributed by atoms with van der Waals surface area (Å²) in [5, 5.41) is 0. The van der Waals surface area contributed by atoms with Crippen LogP contribution in [0.25, 0.3) is 0 Å². The molecule has 0 N–H and O–H groups in total. The highest BCUT2D eigenvalue weighted by Gasteiger charge is 2.34. The summed E-state index contributed by atoms with van der Waals surface area (Å²) in [6.45, 7) is 2.29. The molecule has 2 aliphatic carbocycles. The second kappa shape index (κ2) is 7.85. The van der Waals surface area contributed by atoms with Gasteiger partial charge in [-0.2, -0.15) is 0 Å². The van der Waals surface area contributed by atoms with Gasteiger partial charge < -0.3 is 0 Å². The summed E-state index contributed by atoms with van der Waals surface area (Å²) >= 11 is 0. The maximum Gasteiger partial charge on any atom is 0.127 e. The van der Waals surface area contributed by atoms with E-state index in [0.717, 1.165) is 29.9 Å². The number of halogens is 2. The van der Waals surface area contributed by atoms with Crippen LogP contribution in [0.15, 0.2) is 36.4 Å². The molecule has 0 amide bonds. The van der Waals surface area contributed by atoms with Crippen LogP contribution in [0, 0.1) is 35.3 Å². The monoisotopic (exact) mass is 364 g/mol. The fourth-order valence-corrected chi connectivity index (χ4v) is 5.13. The molecule has 140 valence electrons. The summed E-state index contributed by atoms with van der Waals surface area (Å²) in [5.74, 6) is 7.27. The van der Waals surface area contributed by atoms with Crippen molar-refractivity contribution < 1.29 is 8.78 Å². The highest BCUT2D eigenvalue weighted by Crippen LogP contribution is 2.47. The van der Waals surface area contributed by atoms with Crippen molar-refractivity contribution in [2.24, 2.45) is 11.8 Å². The van der Waals surface area contributed by atoms with E-state index in [2.05, 4.69) is 37.0 Å². The van der Waals surface area contributed by atoms with Gasteiger partial charge in [-0.15, -0.1) is 0 Å². The van der Waals surface area contributed by atoms with E-state index >= 15 is 0 Å². The Kier molecular flexibility index (Phi) is 5.30. The largest absolute Gasteiger partial charge is 0.207 e. The smallest absolute Gasteiger partial charge is 0.127 e. The summed E-state index contributed by atoms with van der Waals surface area (Å²) in [7, 11) is 0. The molecule has 27 heavy (non-hydrogen) atoms. The van der Waals surface area contributed by atoms with Crippen molar-refractivity contribution in [2.45, 2.75) is 57.8 Å². The van der Waals surface area contributed by atoms with Crippen LogP contribution < -0.4 is 0 Å². The average Bonchev–Trinajstić information content (AvgIpc) is 2.65. The third kappa shape index (κ3) is 4.08. The van der Waals surface area contributed by atoms with E-state index < -0.39 is 11.6 Å². The number of hydrogen-bond donors (Lipinski definition) is 0. The van der Waals surface area contributed by atoms with Crippen molar-refractivity contribution in [3.05, 3.63) is 70.3 Å². The van der Waals surface area contributed by atoms with Gasteiger partial charge in [-0.25, -0.2) is 8.78 Å². The van der Waals surface area contributed by atoms with Gasteiger partial charge in [0.15, 0.2) is 0 Å². The molecule has 1 saturated carbocycles. The predicted octanol–water partition coefficient (Wildman–Crippen LogP) is 6.61.